The number of hydrogen-bond acceptors (Lipinski definition) is 5. The van der Waals surface area contributed by atoms with Crippen molar-refractivity contribution in [3.63, 3.8) is 0 Å². The molecule has 0 bridgehead atoms. The van der Waals surface area contributed by atoms with Gasteiger partial charge >= 0.3 is 0 Å². The minimum atomic E-state index is -0.298. The van der Waals surface area contributed by atoms with Crippen molar-refractivity contribution in [1.82, 2.24) is 4.98 Å². The van der Waals surface area contributed by atoms with Crippen molar-refractivity contribution in [3.8, 4) is 22.8 Å². The van der Waals surface area contributed by atoms with Gasteiger partial charge in [-0.15, -0.1) is 11.3 Å². The van der Waals surface area contributed by atoms with Gasteiger partial charge in [-0.25, -0.2) is 9.37 Å². The fourth-order valence-electron chi connectivity index (χ4n) is 2.99. The van der Waals surface area contributed by atoms with E-state index in [-0.39, 0.29) is 11.7 Å². The third-order valence-corrected chi connectivity index (χ3v) is 5.48. The molecule has 7 heteroatoms. The van der Waals surface area contributed by atoms with Gasteiger partial charge in [-0.1, -0.05) is 19.4 Å². The minimum absolute atomic E-state index is 0.286. The molecule has 168 valence electrons. The second-order valence-electron chi connectivity index (χ2n) is 7.09. The third kappa shape index (κ3) is 6.40. The van der Waals surface area contributed by atoms with Crippen LogP contribution >= 0.6 is 11.3 Å². The normalized spacial score (nSPS) is 11.0. The minimum Gasteiger partial charge on any atom is -0.490 e. The monoisotopic (exact) mass is 454 g/mol. The van der Waals surface area contributed by atoms with Crippen LogP contribution in [0, 0.1) is 12.7 Å². The van der Waals surface area contributed by atoms with E-state index in [1.807, 2.05) is 32.0 Å². The lowest BCUT2D eigenvalue weighted by molar-refractivity contribution is -0.111. The fourth-order valence-corrected chi connectivity index (χ4v) is 3.83. The molecular formula is C25H27FN2O3S. The Kier molecular flexibility index (Phi) is 8.39. The number of ether oxygens (including phenoxy) is 2. The van der Waals surface area contributed by atoms with Gasteiger partial charge in [0.05, 0.1) is 18.9 Å². The maximum absolute atomic E-state index is 13.2. The van der Waals surface area contributed by atoms with Crippen LogP contribution in [0.4, 0.5) is 9.52 Å². The fraction of sp³-hybridized carbons (Fsp3) is 0.280. The Hall–Kier alpha value is -3.19. The molecule has 0 atom stereocenters. The maximum atomic E-state index is 13.2. The molecule has 0 saturated carbocycles. The van der Waals surface area contributed by atoms with Crippen LogP contribution in [-0.4, -0.2) is 24.1 Å². The lowest BCUT2D eigenvalue weighted by atomic mass is 10.1. The molecule has 1 amide bonds. The van der Waals surface area contributed by atoms with E-state index in [0.29, 0.717) is 29.8 Å². The molecule has 0 aliphatic heterocycles. The number of nitrogens with one attached hydrogen (secondary N) is 1. The summed E-state index contributed by atoms with van der Waals surface area (Å²) in [4.78, 5) is 17.8. The predicted octanol–water partition coefficient (Wildman–Crippen LogP) is 6.49. The number of rotatable bonds is 10. The summed E-state index contributed by atoms with van der Waals surface area (Å²) in [5.41, 5.74) is 2.36. The smallest absolute Gasteiger partial charge is 0.250 e. The Morgan fingerprint density at radius 3 is 2.62 bits per heavy atom. The van der Waals surface area contributed by atoms with E-state index in [9.17, 15) is 9.18 Å². The second kappa shape index (κ2) is 11.4. The van der Waals surface area contributed by atoms with Crippen LogP contribution in [-0.2, 0) is 4.79 Å². The Morgan fingerprint density at radius 2 is 1.91 bits per heavy atom. The van der Waals surface area contributed by atoms with Gasteiger partial charge in [-0.05, 0) is 68.3 Å². The molecule has 0 fully saturated rings. The van der Waals surface area contributed by atoms with Crippen LogP contribution < -0.4 is 14.8 Å². The number of aryl methyl sites for hydroxylation is 1. The topological polar surface area (TPSA) is 60.5 Å². The molecule has 32 heavy (non-hydrogen) atoms. The van der Waals surface area contributed by atoms with Crippen LogP contribution in [0.3, 0.4) is 0 Å². The Balaban J connectivity index is 1.67. The van der Waals surface area contributed by atoms with Gasteiger partial charge < -0.3 is 9.47 Å². The summed E-state index contributed by atoms with van der Waals surface area (Å²) in [6, 6.07) is 11.7. The highest BCUT2D eigenvalue weighted by Crippen LogP contribution is 2.31. The Bertz CT molecular complexity index is 1080. The standard InChI is InChI=1S/C25H27FN2O3S/c1-4-6-15-31-21-13-7-18(16-22(21)30-5-2)8-14-23(29)27-25-28-24(17(3)32-25)19-9-11-20(26)12-10-19/h7-14,16H,4-6,15H2,1-3H3,(H,27,28,29)/b14-8+. The molecule has 2 aromatic carbocycles. The van der Waals surface area contributed by atoms with Crippen molar-refractivity contribution in [2.24, 2.45) is 0 Å². The number of halogens is 1. The van der Waals surface area contributed by atoms with Gasteiger partial charge in [0.2, 0.25) is 5.91 Å². The number of amides is 1. The molecule has 0 radical (unpaired) electrons. The van der Waals surface area contributed by atoms with Crippen LogP contribution in [0.15, 0.2) is 48.5 Å². The first-order valence-corrected chi connectivity index (χ1v) is 11.4. The highest BCUT2D eigenvalue weighted by atomic mass is 32.1. The molecule has 1 heterocycles. The largest absolute Gasteiger partial charge is 0.490 e. The summed E-state index contributed by atoms with van der Waals surface area (Å²) in [5.74, 6) is 0.776. The van der Waals surface area contributed by atoms with Gasteiger partial charge in [-0.3, -0.25) is 10.1 Å². The van der Waals surface area contributed by atoms with Crippen LogP contribution in [0.25, 0.3) is 17.3 Å². The number of anilines is 1. The van der Waals surface area contributed by atoms with E-state index in [1.165, 1.54) is 29.5 Å². The molecule has 0 saturated heterocycles. The molecular weight excluding hydrogens is 427 g/mol. The van der Waals surface area contributed by atoms with E-state index in [1.54, 1.807) is 18.2 Å². The van der Waals surface area contributed by atoms with E-state index in [0.717, 1.165) is 34.5 Å². The van der Waals surface area contributed by atoms with Crippen LogP contribution in [0.1, 0.15) is 37.1 Å². The van der Waals surface area contributed by atoms with Crippen molar-refractivity contribution >= 4 is 28.5 Å². The summed E-state index contributed by atoms with van der Waals surface area (Å²) in [6.45, 7) is 7.12. The van der Waals surface area contributed by atoms with Gasteiger partial charge in [0.1, 0.15) is 5.82 Å². The first-order valence-electron chi connectivity index (χ1n) is 10.6. The number of thiazole rings is 1. The van der Waals surface area contributed by atoms with Gasteiger partial charge in [0.25, 0.3) is 0 Å². The number of hydrogen-bond donors (Lipinski definition) is 1. The highest BCUT2D eigenvalue weighted by Gasteiger charge is 2.11. The number of carbonyl (C=O) groups excluding carboxylic acids is 1. The third-order valence-electron chi connectivity index (χ3n) is 4.59. The zero-order valence-electron chi connectivity index (χ0n) is 18.5. The molecule has 0 spiro atoms. The number of carbonyl (C=O) groups is 1. The van der Waals surface area contributed by atoms with Crippen LogP contribution in [0.5, 0.6) is 11.5 Å². The lowest BCUT2D eigenvalue weighted by Gasteiger charge is -2.12. The van der Waals surface area contributed by atoms with E-state index >= 15 is 0 Å². The Morgan fingerprint density at radius 1 is 1.12 bits per heavy atom. The summed E-state index contributed by atoms with van der Waals surface area (Å²) in [7, 11) is 0. The quantitative estimate of drug-likeness (QED) is 0.281. The summed E-state index contributed by atoms with van der Waals surface area (Å²) in [5, 5.41) is 3.28. The molecule has 0 unspecified atom stereocenters. The molecule has 0 aliphatic carbocycles. The van der Waals surface area contributed by atoms with Crippen molar-refractivity contribution in [2.75, 3.05) is 18.5 Å². The predicted molar refractivity (Wildman–Crippen MR) is 128 cm³/mol. The summed E-state index contributed by atoms with van der Waals surface area (Å²) >= 11 is 1.38. The van der Waals surface area contributed by atoms with E-state index in [4.69, 9.17) is 9.47 Å². The molecule has 5 nitrogen and oxygen atoms in total. The van der Waals surface area contributed by atoms with Crippen molar-refractivity contribution in [2.45, 2.75) is 33.6 Å². The average molecular weight is 455 g/mol. The number of benzene rings is 2. The zero-order chi connectivity index (χ0) is 22.9. The summed E-state index contributed by atoms with van der Waals surface area (Å²) in [6.07, 6.45) is 5.21. The Labute approximate surface area is 191 Å². The van der Waals surface area contributed by atoms with Gasteiger partial charge in [-0.2, -0.15) is 0 Å². The molecule has 1 aromatic heterocycles. The maximum Gasteiger partial charge on any atom is 0.250 e. The van der Waals surface area contributed by atoms with Gasteiger partial charge in [0.15, 0.2) is 16.6 Å². The number of unbranched alkanes of at least 4 members (excludes halogenated alkanes) is 1. The second-order valence-corrected chi connectivity index (χ2v) is 8.30. The number of aromatic nitrogens is 1. The molecule has 1 N–H and O–H groups in total. The van der Waals surface area contributed by atoms with Gasteiger partial charge in [0, 0.05) is 16.5 Å². The van der Waals surface area contributed by atoms with Crippen LogP contribution in [0.2, 0.25) is 0 Å². The van der Waals surface area contributed by atoms with Crippen molar-refractivity contribution < 1.29 is 18.7 Å². The average Bonchev–Trinajstić information content (AvgIpc) is 3.14. The van der Waals surface area contributed by atoms with Crippen molar-refractivity contribution in [3.05, 3.63) is 64.8 Å². The number of nitrogens with zero attached hydrogens (tertiary/aromatic N) is 1. The zero-order valence-corrected chi connectivity index (χ0v) is 19.3. The first-order chi connectivity index (χ1) is 15.5. The van der Waals surface area contributed by atoms with E-state index in [2.05, 4.69) is 17.2 Å². The summed E-state index contributed by atoms with van der Waals surface area (Å²) < 4.78 is 24.6. The molecule has 0 aliphatic rings. The molecule has 3 aromatic rings. The SMILES string of the molecule is CCCCOc1ccc(/C=C/C(=O)Nc2nc(-c3ccc(F)cc3)c(C)s2)cc1OCC. The molecule has 3 rings (SSSR count). The van der Waals surface area contributed by atoms with E-state index < -0.39 is 0 Å². The first kappa shape index (κ1) is 23.5. The highest BCUT2D eigenvalue weighted by molar-refractivity contribution is 7.16. The lowest BCUT2D eigenvalue weighted by Crippen LogP contribution is -2.07. The van der Waals surface area contributed by atoms with Crippen molar-refractivity contribution in [1.29, 1.82) is 0 Å².